The van der Waals surface area contributed by atoms with Crippen LogP contribution in [0.15, 0.2) is 65.9 Å². The van der Waals surface area contributed by atoms with Crippen molar-refractivity contribution in [2.75, 3.05) is 6.61 Å². The highest BCUT2D eigenvalue weighted by Gasteiger charge is 2.42. The summed E-state index contributed by atoms with van der Waals surface area (Å²) in [7, 11) is 0. The smallest absolute Gasteiger partial charge is 0.338 e. The first-order valence-electron chi connectivity index (χ1n) is 9.47. The van der Waals surface area contributed by atoms with Gasteiger partial charge in [0.25, 0.3) is 0 Å². The van der Waals surface area contributed by atoms with E-state index in [0.717, 1.165) is 11.1 Å². The summed E-state index contributed by atoms with van der Waals surface area (Å²) in [6.07, 6.45) is 0. The van der Waals surface area contributed by atoms with Crippen LogP contribution in [0.2, 0.25) is 0 Å². The van der Waals surface area contributed by atoms with Gasteiger partial charge in [-0.25, -0.2) is 9.59 Å². The van der Waals surface area contributed by atoms with E-state index in [0.29, 0.717) is 17.8 Å². The van der Waals surface area contributed by atoms with E-state index in [1.165, 1.54) is 5.56 Å². The molecule has 0 aromatic heterocycles. The number of rotatable bonds is 3. The molecule has 0 unspecified atom stereocenters. The normalized spacial score (nSPS) is 19.4. The van der Waals surface area contributed by atoms with Gasteiger partial charge >= 0.3 is 12.0 Å². The average Bonchev–Trinajstić information content (AvgIpc) is 3.06. The molecule has 144 valence electrons. The molecule has 2 aliphatic heterocycles. The minimum Gasteiger partial charge on any atom is -0.456 e. The van der Waals surface area contributed by atoms with Crippen LogP contribution in [0.4, 0.5) is 4.79 Å². The molecular formula is C23H24N2O3. The molecule has 0 radical (unpaired) electrons. The van der Waals surface area contributed by atoms with Gasteiger partial charge in [0.2, 0.25) is 0 Å². The van der Waals surface area contributed by atoms with Gasteiger partial charge in [-0.05, 0) is 22.1 Å². The monoisotopic (exact) mass is 376 g/mol. The number of urea groups is 1. The van der Waals surface area contributed by atoms with Crippen LogP contribution < -0.4 is 5.32 Å². The van der Waals surface area contributed by atoms with E-state index >= 15 is 0 Å². The van der Waals surface area contributed by atoms with E-state index < -0.39 is 6.04 Å². The number of hydrogen-bond acceptors (Lipinski definition) is 3. The predicted molar refractivity (Wildman–Crippen MR) is 106 cm³/mol. The fourth-order valence-corrected chi connectivity index (χ4v) is 3.67. The van der Waals surface area contributed by atoms with Crippen LogP contribution in [-0.4, -0.2) is 23.5 Å². The fraction of sp³-hybridized carbons (Fsp3) is 0.304. The summed E-state index contributed by atoms with van der Waals surface area (Å²) in [5.41, 5.74) is 4.37. The molecule has 2 amide bonds. The zero-order chi connectivity index (χ0) is 19.9. The molecule has 28 heavy (non-hydrogen) atoms. The zero-order valence-corrected chi connectivity index (χ0v) is 16.4. The van der Waals surface area contributed by atoms with E-state index in [-0.39, 0.29) is 24.0 Å². The van der Waals surface area contributed by atoms with Gasteiger partial charge in [-0.1, -0.05) is 75.4 Å². The highest BCUT2D eigenvalue weighted by atomic mass is 16.5. The number of cyclic esters (lactones) is 1. The van der Waals surface area contributed by atoms with Gasteiger partial charge in [-0.15, -0.1) is 0 Å². The molecule has 2 aromatic rings. The van der Waals surface area contributed by atoms with Crippen molar-refractivity contribution in [2.24, 2.45) is 0 Å². The number of carbonyl (C=O) groups is 2. The van der Waals surface area contributed by atoms with E-state index in [1.807, 2.05) is 42.5 Å². The minimum atomic E-state index is -0.474. The standard InChI is InChI=1S/C23H24N2O3/c1-23(2,3)17-11-9-15(10-12-17)13-25-18-14-28-21(26)19(18)20(24-22(25)27)16-7-5-4-6-8-16/h4-12,20H,13-14H2,1-3H3,(H,24,27)/t20-/m0/s1. The van der Waals surface area contributed by atoms with Crippen LogP contribution in [0.5, 0.6) is 0 Å². The van der Waals surface area contributed by atoms with Gasteiger partial charge in [-0.3, -0.25) is 4.90 Å². The fourth-order valence-electron chi connectivity index (χ4n) is 3.67. The second kappa shape index (κ2) is 6.82. The summed E-state index contributed by atoms with van der Waals surface area (Å²) in [4.78, 5) is 26.9. The summed E-state index contributed by atoms with van der Waals surface area (Å²) in [5.74, 6) is -0.364. The molecule has 0 fully saturated rings. The van der Waals surface area contributed by atoms with Gasteiger partial charge in [-0.2, -0.15) is 0 Å². The van der Waals surface area contributed by atoms with Gasteiger partial charge in [0, 0.05) is 0 Å². The molecule has 4 rings (SSSR count). The Kier molecular flexibility index (Phi) is 4.46. The quantitative estimate of drug-likeness (QED) is 0.822. The molecule has 0 saturated heterocycles. The molecule has 2 aliphatic rings. The van der Waals surface area contributed by atoms with E-state index in [2.05, 4.69) is 38.2 Å². The minimum absolute atomic E-state index is 0.0747. The molecule has 0 spiro atoms. The second-order valence-corrected chi connectivity index (χ2v) is 8.26. The Labute approximate surface area is 165 Å². The maximum absolute atomic E-state index is 12.9. The van der Waals surface area contributed by atoms with Crippen molar-refractivity contribution in [1.29, 1.82) is 0 Å². The Bertz CT molecular complexity index is 940. The highest BCUT2D eigenvalue weighted by molar-refractivity contribution is 5.97. The third kappa shape index (κ3) is 3.28. The molecule has 0 bridgehead atoms. The topological polar surface area (TPSA) is 58.6 Å². The Hall–Kier alpha value is -3.08. The second-order valence-electron chi connectivity index (χ2n) is 8.26. The number of nitrogens with one attached hydrogen (secondary N) is 1. The number of ether oxygens (including phenoxy) is 1. The molecule has 5 nitrogen and oxygen atoms in total. The summed E-state index contributed by atoms with van der Waals surface area (Å²) in [6, 6.07) is 17.1. The first-order chi connectivity index (χ1) is 13.3. The number of carbonyl (C=O) groups excluding carboxylic acids is 2. The number of hydrogen-bond donors (Lipinski definition) is 1. The average molecular weight is 376 g/mol. The van der Waals surface area contributed by atoms with Crippen LogP contribution in [0, 0.1) is 0 Å². The van der Waals surface area contributed by atoms with E-state index in [9.17, 15) is 9.59 Å². The third-order valence-electron chi connectivity index (χ3n) is 5.29. The first kappa shape index (κ1) is 18.3. The Morgan fingerprint density at radius 2 is 1.71 bits per heavy atom. The SMILES string of the molecule is CC(C)(C)c1ccc(CN2C(=O)N[C@@H](c3ccccc3)C3=C2COC3=O)cc1. The molecule has 2 heterocycles. The Morgan fingerprint density at radius 3 is 2.36 bits per heavy atom. The van der Waals surface area contributed by atoms with Crippen molar-refractivity contribution in [1.82, 2.24) is 10.2 Å². The molecule has 1 N–H and O–H groups in total. The highest BCUT2D eigenvalue weighted by Crippen LogP contribution is 2.35. The van der Waals surface area contributed by atoms with Gasteiger partial charge in [0.05, 0.1) is 23.9 Å². The van der Waals surface area contributed by atoms with E-state index in [4.69, 9.17) is 4.74 Å². The van der Waals surface area contributed by atoms with Gasteiger partial charge < -0.3 is 10.1 Å². The van der Waals surface area contributed by atoms with Crippen molar-refractivity contribution < 1.29 is 14.3 Å². The van der Waals surface area contributed by atoms with Crippen molar-refractivity contribution in [3.8, 4) is 0 Å². The summed E-state index contributed by atoms with van der Waals surface area (Å²) in [5, 5.41) is 2.97. The molecule has 5 heteroatoms. The van der Waals surface area contributed by atoms with Gasteiger partial charge in [0.1, 0.15) is 6.61 Å². The van der Waals surface area contributed by atoms with Crippen LogP contribution in [-0.2, 0) is 21.5 Å². The van der Waals surface area contributed by atoms with E-state index in [1.54, 1.807) is 4.90 Å². The molecule has 0 aliphatic carbocycles. The summed E-state index contributed by atoms with van der Waals surface area (Å²) < 4.78 is 5.28. The maximum atomic E-state index is 12.9. The first-order valence-corrected chi connectivity index (χ1v) is 9.47. The van der Waals surface area contributed by atoms with Crippen molar-refractivity contribution >= 4 is 12.0 Å². The zero-order valence-electron chi connectivity index (χ0n) is 16.4. The lowest BCUT2D eigenvalue weighted by Crippen LogP contribution is -2.46. The van der Waals surface area contributed by atoms with Crippen molar-refractivity contribution in [3.63, 3.8) is 0 Å². The lowest BCUT2D eigenvalue weighted by atomic mass is 9.86. The lowest BCUT2D eigenvalue weighted by Gasteiger charge is -2.33. The summed E-state index contributed by atoms with van der Waals surface area (Å²) in [6.45, 7) is 7.03. The molecule has 0 saturated carbocycles. The number of nitrogens with zero attached hydrogens (tertiary/aromatic N) is 1. The van der Waals surface area contributed by atoms with Crippen LogP contribution in [0.1, 0.15) is 43.5 Å². The number of benzene rings is 2. The van der Waals surface area contributed by atoms with Crippen molar-refractivity contribution in [2.45, 2.75) is 38.8 Å². The Balaban J connectivity index is 1.65. The van der Waals surface area contributed by atoms with Crippen molar-refractivity contribution in [3.05, 3.63) is 82.6 Å². The maximum Gasteiger partial charge on any atom is 0.338 e. The lowest BCUT2D eigenvalue weighted by molar-refractivity contribution is -0.136. The summed E-state index contributed by atoms with van der Waals surface area (Å²) >= 11 is 0. The number of esters is 1. The number of amides is 2. The van der Waals surface area contributed by atoms with Crippen LogP contribution in [0.3, 0.4) is 0 Å². The van der Waals surface area contributed by atoms with Gasteiger partial charge in [0.15, 0.2) is 0 Å². The largest absolute Gasteiger partial charge is 0.456 e. The Morgan fingerprint density at radius 1 is 1.04 bits per heavy atom. The van der Waals surface area contributed by atoms with Crippen LogP contribution in [0.25, 0.3) is 0 Å². The third-order valence-corrected chi connectivity index (χ3v) is 5.29. The molecule has 1 atom stereocenters. The predicted octanol–water partition coefficient (Wildman–Crippen LogP) is 4.06. The van der Waals surface area contributed by atoms with Crippen LogP contribution >= 0.6 is 0 Å². The molecule has 2 aromatic carbocycles. The molecular weight excluding hydrogens is 352 g/mol.